The SMILES string of the molecule is CC(C)Oc1ccc(CCC2CO2)cc1. The Bertz CT molecular complexity index is 299. The Morgan fingerprint density at radius 1 is 1.33 bits per heavy atom. The van der Waals surface area contributed by atoms with Crippen molar-refractivity contribution in [2.75, 3.05) is 6.61 Å². The molecule has 0 radical (unpaired) electrons. The molecule has 2 rings (SSSR count). The summed E-state index contributed by atoms with van der Waals surface area (Å²) < 4.78 is 10.8. The number of hydrogen-bond donors (Lipinski definition) is 0. The standard InChI is InChI=1S/C13H18O2/c1-10(2)15-12-6-3-11(4-7-12)5-8-13-9-14-13/h3-4,6-7,10,13H,5,8-9H2,1-2H3. The minimum Gasteiger partial charge on any atom is -0.491 e. The van der Waals surface area contributed by atoms with Gasteiger partial charge >= 0.3 is 0 Å². The Kier molecular flexibility index (Phi) is 3.27. The van der Waals surface area contributed by atoms with Gasteiger partial charge in [0.2, 0.25) is 0 Å². The van der Waals surface area contributed by atoms with Gasteiger partial charge in [-0.15, -0.1) is 0 Å². The minimum atomic E-state index is 0.246. The highest BCUT2D eigenvalue weighted by atomic mass is 16.6. The summed E-state index contributed by atoms with van der Waals surface area (Å²) in [5, 5.41) is 0. The van der Waals surface area contributed by atoms with E-state index >= 15 is 0 Å². The topological polar surface area (TPSA) is 21.8 Å². The zero-order valence-corrected chi connectivity index (χ0v) is 9.40. The Morgan fingerprint density at radius 2 is 2.00 bits per heavy atom. The van der Waals surface area contributed by atoms with E-state index in [2.05, 4.69) is 12.1 Å². The Morgan fingerprint density at radius 3 is 2.53 bits per heavy atom. The van der Waals surface area contributed by atoms with Gasteiger partial charge in [-0.2, -0.15) is 0 Å². The quantitative estimate of drug-likeness (QED) is 0.691. The normalized spacial score (nSPS) is 19.3. The van der Waals surface area contributed by atoms with Crippen LogP contribution in [0.25, 0.3) is 0 Å². The van der Waals surface area contributed by atoms with E-state index in [9.17, 15) is 0 Å². The van der Waals surface area contributed by atoms with Gasteiger partial charge in [-0.3, -0.25) is 0 Å². The molecule has 0 bridgehead atoms. The van der Waals surface area contributed by atoms with Crippen LogP contribution in [0.3, 0.4) is 0 Å². The van der Waals surface area contributed by atoms with Crippen molar-refractivity contribution < 1.29 is 9.47 Å². The van der Waals surface area contributed by atoms with E-state index in [1.54, 1.807) is 0 Å². The fourth-order valence-electron chi connectivity index (χ4n) is 1.57. The molecule has 1 atom stereocenters. The van der Waals surface area contributed by atoms with Crippen LogP contribution in [-0.2, 0) is 11.2 Å². The molecule has 1 fully saturated rings. The summed E-state index contributed by atoms with van der Waals surface area (Å²) in [5.41, 5.74) is 1.36. The highest BCUT2D eigenvalue weighted by Crippen LogP contribution is 2.19. The molecular formula is C13H18O2. The van der Waals surface area contributed by atoms with Gasteiger partial charge in [-0.05, 0) is 44.4 Å². The van der Waals surface area contributed by atoms with E-state index in [4.69, 9.17) is 9.47 Å². The maximum Gasteiger partial charge on any atom is 0.119 e. The third-order valence-electron chi connectivity index (χ3n) is 2.45. The van der Waals surface area contributed by atoms with Crippen LogP contribution < -0.4 is 4.74 Å². The second-order valence-electron chi connectivity index (χ2n) is 4.30. The molecule has 1 unspecified atom stereocenters. The summed E-state index contributed by atoms with van der Waals surface area (Å²) in [4.78, 5) is 0. The predicted octanol–water partition coefficient (Wildman–Crippen LogP) is 2.81. The van der Waals surface area contributed by atoms with E-state index in [-0.39, 0.29) is 6.10 Å². The highest BCUT2D eigenvalue weighted by Gasteiger charge is 2.21. The number of epoxide rings is 1. The molecule has 0 N–H and O–H groups in total. The molecule has 0 aliphatic carbocycles. The number of aryl methyl sites for hydroxylation is 1. The van der Waals surface area contributed by atoms with Crippen molar-refractivity contribution >= 4 is 0 Å². The summed E-state index contributed by atoms with van der Waals surface area (Å²) >= 11 is 0. The average Bonchev–Trinajstić information content (AvgIpc) is 2.99. The van der Waals surface area contributed by atoms with Gasteiger partial charge in [0.1, 0.15) is 5.75 Å². The van der Waals surface area contributed by atoms with Gasteiger partial charge < -0.3 is 9.47 Å². The summed E-state index contributed by atoms with van der Waals surface area (Å²) in [5.74, 6) is 0.955. The van der Waals surface area contributed by atoms with Gasteiger partial charge in [0.05, 0.1) is 18.8 Å². The van der Waals surface area contributed by atoms with Crippen molar-refractivity contribution in [2.24, 2.45) is 0 Å². The lowest BCUT2D eigenvalue weighted by atomic mass is 10.1. The number of benzene rings is 1. The molecule has 1 aromatic rings. The van der Waals surface area contributed by atoms with E-state index in [0.29, 0.717) is 6.10 Å². The van der Waals surface area contributed by atoms with Gasteiger partial charge in [-0.1, -0.05) is 12.1 Å². The van der Waals surface area contributed by atoms with E-state index in [1.165, 1.54) is 5.56 Å². The van der Waals surface area contributed by atoms with Gasteiger partial charge in [-0.25, -0.2) is 0 Å². The summed E-state index contributed by atoms with van der Waals surface area (Å²) in [7, 11) is 0. The van der Waals surface area contributed by atoms with Gasteiger partial charge in [0.15, 0.2) is 0 Å². The fraction of sp³-hybridized carbons (Fsp3) is 0.538. The lowest BCUT2D eigenvalue weighted by molar-refractivity contribution is 0.242. The third kappa shape index (κ3) is 3.56. The summed E-state index contributed by atoms with van der Waals surface area (Å²) in [6.45, 7) is 5.03. The third-order valence-corrected chi connectivity index (χ3v) is 2.45. The molecular weight excluding hydrogens is 188 g/mol. The van der Waals surface area contributed by atoms with Crippen LogP contribution in [0.2, 0.25) is 0 Å². The monoisotopic (exact) mass is 206 g/mol. The van der Waals surface area contributed by atoms with Gasteiger partial charge in [0, 0.05) is 0 Å². The molecule has 1 aliphatic rings. The number of rotatable bonds is 5. The van der Waals surface area contributed by atoms with Crippen LogP contribution >= 0.6 is 0 Å². The molecule has 82 valence electrons. The molecule has 0 aromatic heterocycles. The average molecular weight is 206 g/mol. The Balaban J connectivity index is 1.85. The highest BCUT2D eigenvalue weighted by molar-refractivity contribution is 5.27. The molecule has 1 aliphatic heterocycles. The molecule has 2 heteroatoms. The van der Waals surface area contributed by atoms with Crippen LogP contribution in [0.1, 0.15) is 25.8 Å². The zero-order chi connectivity index (χ0) is 10.7. The van der Waals surface area contributed by atoms with Crippen LogP contribution in [0, 0.1) is 0 Å². The first-order valence-electron chi connectivity index (χ1n) is 5.61. The number of hydrogen-bond acceptors (Lipinski definition) is 2. The molecule has 0 spiro atoms. The fourth-order valence-corrected chi connectivity index (χ4v) is 1.57. The van der Waals surface area contributed by atoms with Crippen LogP contribution in [0.4, 0.5) is 0 Å². The van der Waals surface area contributed by atoms with Crippen molar-refractivity contribution in [3.05, 3.63) is 29.8 Å². The molecule has 0 amide bonds. The maximum atomic E-state index is 5.58. The van der Waals surface area contributed by atoms with E-state index in [0.717, 1.165) is 25.2 Å². The molecule has 1 saturated heterocycles. The summed E-state index contributed by atoms with van der Waals surface area (Å²) in [6.07, 6.45) is 3.02. The predicted molar refractivity (Wildman–Crippen MR) is 60.3 cm³/mol. The smallest absolute Gasteiger partial charge is 0.119 e. The van der Waals surface area contributed by atoms with Crippen molar-refractivity contribution in [1.29, 1.82) is 0 Å². The van der Waals surface area contributed by atoms with Crippen molar-refractivity contribution in [3.63, 3.8) is 0 Å². The largest absolute Gasteiger partial charge is 0.491 e. The van der Waals surface area contributed by atoms with E-state index in [1.807, 2.05) is 26.0 Å². The molecule has 1 heterocycles. The van der Waals surface area contributed by atoms with Crippen LogP contribution in [0.15, 0.2) is 24.3 Å². The van der Waals surface area contributed by atoms with Crippen LogP contribution in [-0.4, -0.2) is 18.8 Å². The first kappa shape index (κ1) is 10.5. The van der Waals surface area contributed by atoms with Crippen molar-refractivity contribution in [2.45, 2.75) is 38.9 Å². The first-order chi connectivity index (χ1) is 7.24. The molecule has 0 saturated carbocycles. The second-order valence-corrected chi connectivity index (χ2v) is 4.30. The number of ether oxygens (including phenoxy) is 2. The van der Waals surface area contributed by atoms with Crippen molar-refractivity contribution in [1.82, 2.24) is 0 Å². The van der Waals surface area contributed by atoms with E-state index < -0.39 is 0 Å². The lowest BCUT2D eigenvalue weighted by Gasteiger charge is -2.09. The van der Waals surface area contributed by atoms with Gasteiger partial charge in [0.25, 0.3) is 0 Å². The molecule has 15 heavy (non-hydrogen) atoms. The summed E-state index contributed by atoms with van der Waals surface area (Å²) in [6, 6.07) is 8.37. The zero-order valence-electron chi connectivity index (χ0n) is 9.40. The second kappa shape index (κ2) is 4.67. The minimum absolute atomic E-state index is 0.246. The maximum absolute atomic E-state index is 5.58. The van der Waals surface area contributed by atoms with Crippen LogP contribution in [0.5, 0.6) is 5.75 Å². The Labute approximate surface area is 91.2 Å². The van der Waals surface area contributed by atoms with Crippen molar-refractivity contribution in [3.8, 4) is 5.75 Å². The Hall–Kier alpha value is -1.02. The molecule has 1 aromatic carbocycles. The lowest BCUT2D eigenvalue weighted by Crippen LogP contribution is -2.05. The molecule has 2 nitrogen and oxygen atoms in total. The first-order valence-corrected chi connectivity index (χ1v) is 5.61.